The highest BCUT2D eigenvalue weighted by Crippen LogP contribution is 2.23. The van der Waals surface area contributed by atoms with Crippen LogP contribution < -0.4 is 10.9 Å². The van der Waals surface area contributed by atoms with Crippen LogP contribution in [0.1, 0.15) is 30.5 Å². The number of carbonyl (C=O) groups is 1. The van der Waals surface area contributed by atoms with Crippen molar-refractivity contribution in [1.29, 1.82) is 0 Å². The van der Waals surface area contributed by atoms with E-state index in [0.717, 1.165) is 11.3 Å². The van der Waals surface area contributed by atoms with Crippen LogP contribution in [0.4, 0.5) is 5.82 Å². The van der Waals surface area contributed by atoms with Crippen molar-refractivity contribution < 1.29 is 4.79 Å². The summed E-state index contributed by atoms with van der Waals surface area (Å²) in [5.74, 6) is 0.128. The van der Waals surface area contributed by atoms with Crippen LogP contribution in [0.2, 0.25) is 0 Å². The van der Waals surface area contributed by atoms with Gasteiger partial charge in [0, 0.05) is 6.07 Å². The smallest absolute Gasteiger partial charge is 0.263 e. The predicted octanol–water partition coefficient (Wildman–Crippen LogP) is 3.74. The summed E-state index contributed by atoms with van der Waals surface area (Å²) in [6, 6.07) is 20.8. The van der Waals surface area contributed by atoms with E-state index in [-0.39, 0.29) is 23.3 Å². The number of anilines is 1. The number of hydrogen-bond acceptors (Lipinski definition) is 5. The van der Waals surface area contributed by atoms with Crippen molar-refractivity contribution in [2.45, 2.75) is 26.2 Å². The maximum atomic E-state index is 13.2. The largest absolute Gasteiger partial charge is 0.310 e. The van der Waals surface area contributed by atoms with Gasteiger partial charge in [0.15, 0.2) is 5.65 Å². The lowest BCUT2D eigenvalue weighted by Crippen LogP contribution is -2.23. The fraction of sp³-hybridized carbons (Fsp3) is 0.160. The maximum Gasteiger partial charge on any atom is 0.263 e. The molecule has 0 spiro atoms. The number of H-pyrrole nitrogens is 1. The number of para-hydroxylation sites is 1. The number of carbonyl (C=O) groups excluding carboxylic acids is 1. The van der Waals surface area contributed by atoms with Crippen molar-refractivity contribution in [2.24, 2.45) is 0 Å². The quantitative estimate of drug-likeness (QED) is 0.407. The van der Waals surface area contributed by atoms with Crippen LogP contribution in [-0.4, -0.2) is 35.4 Å². The van der Waals surface area contributed by atoms with Crippen LogP contribution in [0.15, 0.2) is 77.7 Å². The molecule has 3 aromatic heterocycles. The fourth-order valence-corrected chi connectivity index (χ4v) is 3.99. The second-order valence-electron chi connectivity index (χ2n) is 7.96. The van der Waals surface area contributed by atoms with Gasteiger partial charge >= 0.3 is 0 Å². The topological polar surface area (TPSA) is 110 Å². The minimum atomic E-state index is -0.344. The molecular weight excluding hydrogens is 430 g/mol. The van der Waals surface area contributed by atoms with Gasteiger partial charge in [-0.15, -0.1) is 0 Å². The number of aromatic amines is 1. The first kappa shape index (κ1) is 21.3. The lowest BCUT2D eigenvalue weighted by atomic mass is 9.96. The Morgan fingerprint density at radius 3 is 2.47 bits per heavy atom. The van der Waals surface area contributed by atoms with Gasteiger partial charge in [-0.1, -0.05) is 55.5 Å². The third kappa shape index (κ3) is 3.88. The van der Waals surface area contributed by atoms with Gasteiger partial charge in [-0.3, -0.25) is 14.6 Å². The first-order valence-electron chi connectivity index (χ1n) is 11.0. The van der Waals surface area contributed by atoms with E-state index in [2.05, 4.69) is 25.5 Å². The van der Waals surface area contributed by atoms with E-state index < -0.39 is 0 Å². The number of nitrogens with zero attached hydrogens (tertiary/aromatic N) is 5. The standard InChI is InChI=1S/C25H23N7O2/c1-3-19(17-10-6-4-7-11-17)23(33)27-21-14-16(2)30-32(21)25-28-22-20(24(34)29-25)15-26-31(22)18-12-8-5-9-13-18/h4-15,19H,3H2,1-2H3,(H,27,33)(H,28,29,34)/t19-/m1/s1. The third-order valence-electron chi connectivity index (χ3n) is 5.64. The lowest BCUT2D eigenvalue weighted by molar-refractivity contribution is -0.117. The van der Waals surface area contributed by atoms with E-state index >= 15 is 0 Å². The maximum absolute atomic E-state index is 13.2. The SMILES string of the molecule is CC[C@@H](C(=O)Nc1cc(C)nn1-c1nc2c(cnn2-c2ccccc2)c(=O)[nH]1)c1ccccc1. The molecule has 0 unspecified atom stereocenters. The van der Waals surface area contributed by atoms with E-state index in [1.807, 2.05) is 74.5 Å². The predicted molar refractivity (Wildman–Crippen MR) is 129 cm³/mol. The number of benzene rings is 2. The summed E-state index contributed by atoms with van der Waals surface area (Å²) >= 11 is 0. The molecular formula is C25H23N7O2. The Hall–Kier alpha value is -4.53. The zero-order chi connectivity index (χ0) is 23.7. The molecule has 0 saturated heterocycles. The Kier molecular flexibility index (Phi) is 5.51. The second kappa shape index (κ2) is 8.78. The molecule has 0 saturated carbocycles. The fourth-order valence-electron chi connectivity index (χ4n) is 3.99. The number of fused-ring (bicyclic) bond motifs is 1. The monoisotopic (exact) mass is 453 g/mol. The Bertz CT molecular complexity index is 1520. The first-order chi connectivity index (χ1) is 16.5. The molecule has 9 nitrogen and oxygen atoms in total. The molecule has 0 aliphatic carbocycles. The Morgan fingerprint density at radius 1 is 1.06 bits per heavy atom. The highest BCUT2D eigenvalue weighted by molar-refractivity contribution is 5.95. The van der Waals surface area contributed by atoms with Gasteiger partial charge < -0.3 is 5.32 Å². The zero-order valence-electron chi connectivity index (χ0n) is 18.8. The number of aryl methyl sites for hydroxylation is 1. The summed E-state index contributed by atoms with van der Waals surface area (Å²) in [7, 11) is 0. The number of nitrogens with one attached hydrogen (secondary N) is 2. The molecule has 0 fully saturated rings. The van der Waals surface area contributed by atoms with Crippen LogP contribution >= 0.6 is 0 Å². The van der Waals surface area contributed by atoms with Crippen molar-refractivity contribution in [3.63, 3.8) is 0 Å². The zero-order valence-corrected chi connectivity index (χ0v) is 18.8. The lowest BCUT2D eigenvalue weighted by Gasteiger charge is -2.16. The summed E-state index contributed by atoms with van der Waals surface area (Å²) in [5.41, 5.74) is 2.43. The Labute approximate surface area is 195 Å². The van der Waals surface area contributed by atoms with Crippen molar-refractivity contribution in [3.8, 4) is 11.6 Å². The Balaban J connectivity index is 1.55. The third-order valence-corrected chi connectivity index (χ3v) is 5.64. The van der Waals surface area contributed by atoms with Crippen LogP contribution in [0.5, 0.6) is 0 Å². The van der Waals surface area contributed by atoms with E-state index in [0.29, 0.717) is 29.0 Å². The molecule has 2 aromatic carbocycles. The van der Waals surface area contributed by atoms with Gasteiger partial charge in [-0.05, 0) is 31.0 Å². The van der Waals surface area contributed by atoms with Crippen LogP contribution in [-0.2, 0) is 4.79 Å². The first-order valence-corrected chi connectivity index (χ1v) is 11.0. The molecule has 2 N–H and O–H groups in total. The normalized spacial score (nSPS) is 12.1. The molecule has 170 valence electrons. The highest BCUT2D eigenvalue weighted by Gasteiger charge is 2.22. The van der Waals surface area contributed by atoms with Crippen molar-refractivity contribution in [2.75, 3.05) is 5.32 Å². The summed E-state index contributed by atoms with van der Waals surface area (Å²) in [4.78, 5) is 33.4. The highest BCUT2D eigenvalue weighted by atomic mass is 16.2. The Morgan fingerprint density at radius 2 is 1.76 bits per heavy atom. The molecule has 0 radical (unpaired) electrons. The summed E-state index contributed by atoms with van der Waals surface area (Å²) in [6.07, 6.45) is 2.13. The van der Waals surface area contributed by atoms with E-state index in [1.165, 1.54) is 10.9 Å². The number of rotatable bonds is 6. The van der Waals surface area contributed by atoms with Gasteiger partial charge in [-0.2, -0.15) is 19.9 Å². The number of amides is 1. The molecule has 9 heteroatoms. The number of hydrogen-bond donors (Lipinski definition) is 2. The van der Waals surface area contributed by atoms with Crippen molar-refractivity contribution >= 4 is 22.8 Å². The summed E-state index contributed by atoms with van der Waals surface area (Å²) in [5, 5.41) is 12.1. The van der Waals surface area contributed by atoms with Gasteiger partial charge in [0.2, 0.25) is 11.9 Å². The molecule has 5 aromatic rings. The summed E-state index contributed by atoms with van der Waals surface area (Å²) in [6.45, 7) is 3.78. The van der Waals surface area contributed by atoms with Crippen molar-refractivity contribution in [3.05, 3.63) is 94.5 Å². The van der Waals surface area contributed by atoms with Crippen LogP contribution in [0, 0.1) is 6.92 Å². The molecule has 1 atom stereocenters. The molecule has 0 bridgehead atoms. The van der Waals surface area contributed by atoms with Crippen LogP contribution in [0.25, 0.3) is 22.7 Å². The van der Waals surface area contributed by atoms with Crippen molar-refractivity contribution in [1.82, 2.24) is 29.5 Å². The van der Waals surface area contributed by atoms with Gasteiger partial charge in [0.1, 0.15) is 11.2 Å². The molecule has 3 heterocycles. The van der Waals surface area contributed by atoms with E-state index in [9.17, 15) is 9.59 Å². The number of aromatic nitrogens is 6. The average molecular weight is 454 g/mol. The molecule has 1 amide bonds. The van der Waals surface area contributed by atoms with Gasteiger partial charge in [0.25, 0.3) is 5.56 Å². The minimum absolute atomic E-state index is 0.160. The second-order valence-corrected chi connectivity index (χ2v) is 7.96. The molecule has 0 aliphatic heterocycles. The van der Waals surface area contributed by atoms with Gasteiger partial charge in [-0.25, -0.2) is 4.68 Å². The van der Waals surface area contributed by atoms with E-state index in [1.54, 1.807) is 10.7 Å². The molecule has 34 heavy (non-hydrogen) atoms. The average Bonchev–Trinajstić information content (AvgIpc) is 3.44. The minimum Gasteiger partial charge on any atom is -0.310 e. The molecule has 5 rings (SSSR count). The molecule has 0 aliphatic rings. The summed E-state index contributed by atoms with van der Waals surface area (Å²) < 4.78 is 3.04. The van der Waals surface area contributed by atoms with E-state index in [4.69, 9.17) is 0 Å². The van der Waals surface area contributed by atoms with Gasteiger partial charge in [0.05, 0.1) is 23.5 Å². The van der Waals surface area contributed by atoms with Crippen LogP contribution in [0.3, 0.4) is 0 Å².